The molecular weight excluding hydrogens is 370 g/mol. The number of fused-ring (bicyclic) bond motifs is 1. The summed E-state index contributed by atoms with van der Waals surface area (Å²) in [5, 5.41) is 4.05. The molecule has 132 valence electrons. The standard InChI is InChI=1S/C19H16ClN3O2S/c1-2-11-21-17(24)12-26-19-22-15-9-5-3-7-13(15)18(25)23(19)16-10-6-4-8-14(16)20/h2-10H,1,11-12H2,(H,21,24). The number of hydrogen-bond acceptors (Lipinski definition) is 4. The second-order valence-electron chi connectivity index (χ2n) is 5.38. The lowest BCUT2D eigenvalue weighted by Crippen LogP contribution is -2.26. The molecule has 5 nitrogen and oxygen atoms in total. The second-order valence-corrected chi connectivity index (χ2v) is 6.73. The first-order valence-corrected chi connectivity index (χ1v) is 9.25. The Morgan fingerprint density at radius 3 is 2.73 bits per heavy atom. The van der Waals surface area contributed by atoms with Crippen LogP contribution >= 0.6 is 23.4 Å². The van der Waals surface area contributed by atoms with Gasteiger partial charge in [-0.3, -0.25) is 14.2 Å². The smallest absolute Gasteiger partial charge is 0.266 e. The molecular formula is C19H16ClN3O2S. The number of aromatic nitrogens is 2. The minimum Gasteiger partial charge on any atom is -0.352 e. The van der Waals surface area contributed by atoms with Crippen LogP contribution in [0.4, 0.5) is 0 Å². The molecule has 3 aromatic rings. The van der Waals surface area contributed by atoms with Gasteiger partial charge in [0.2, 0.25) is 5.91 Å². The van der Waals surface area contributed by atoms with Gasteiger partial charge < -0.3 is 5.32 Å². The van der Waals surface area contributed by atoms with E-state index in [1.807, 2.05) is 6.07 Å². The molecule has 1 amide bonds. The third-order valence-corrected chi connectivity index (χ3v) is 4.87. The molecule has 1 aromatic heterocycles. The van der Waals surface area contributed by atoms with Gasteiger partial charge in [0.05, 0.1) is 27.4 Å². The van der Waals surface area contributed by atoms with Gasteiger partial charge >= 0.3 is 0 Å². The third-order valence-electron chi connectivity index (χ3n) is 3.61. The highest BCUT2D eigenvalue weighted by Crippen LogP contribution is 2.25. The van der Waals surface area contributed by atoms with Gasteiger partial charge in [-0.25, -0.2) is 4.98 Å². The molecule has 0 bridgehead atoms. The summed E-state index contributed by atoms with van der Waals surface area (Å²) in [5.74, 6) is -0.0358. The molecule has 26 heavy (non-hydrogen) atoms. The Labute approximate surface area is 159 Å². The largest absolute Gasteiger partial charge is 0.352 e. The van der Waals surface area contributed by atoms with Crippen LogP contribution in [0.15, 0.2) is 71.1 Å². The topological polar surface area (TPSA) is 64.0 Å². The van der Waals surface area contributed by atoms with E-state index in [4.69, 9.17) is 11.6 Å². The molecule has 1 N–H and O–H groups in total. The van der Waals surface area contributed by atoms with Crippen LogP contribution in [0.5, 0.6) is 0 Å². The van der Waals surface area contributed by atoms with Crippen molar-refractivity contribution in [1.82, 2.24) is 14.9 Å². The Morgan fingerprint density at radius 1 is 1.23 bits per heavy atom. The number of carbonyl (C=O) groups excluding carboxylic acids is 1. The van der Waals surface area contributed by atoms with Gasteiger partial charge in [-0.2, -0.15) is 0 Å². The van der Waals surface area contributed by atoms with Crippen molar-refractivity contribution in [2.45, 2.75) is 5.16 Å². The van der Waals surface area contributed by atoms with Crippen LogP contribution in [0.2, 0.25) is 5.02 Å². The van der Waals surface area contributed by atoms with Crippen LogP contribution in [0.3, 0.4) is 0 Å². The van der Waals surface area contributed by atoms with Crippen molar-refractivity contribution in [3.8, 4) is 5.69 Å². The molecule has 3 rings (SSSR count). The van der Waals surface area contributed by atoms with Crippen LogP contribution in [-0.2, 0) is 4.79 Å². The summed E-state index contributed by atoms with van der Waals surface area (Å²) in [6, 6.07) is 14.2. The summed E-state index contributed by atoms with van der Waals surface area (Å²) in [4.78, 5) is 29.5. The zero-order valence-corrected chi connectivity index (χ0v) is 15.4. The summed E-state index contributed by atoms with van der Waals surface area (Å²) >= 11 is 7.48. The molecule has 2 aromatic carbocycles. The van der Waals surface area contributed by atoms with Gasteiger partial charge in [0, 0.05) is 6.54 Å². The summed E-state index contributed by atoms with van der Waals surface area (Å²) in [7, 11) is 0. The zero-order valence-electron chi connectivity index (χ0n) is 13.8. The number of carbonyl (C=O) groups is 1. The number of nitrogens with zero attached hydrogens (tertiary/aromatic N) is 2. The fraction of sp³-hybridized carbons (Fsp3) is 0.105. The van der Waals surface area contributed by atoms with E-state index in [2.05, 4.69) is 16.9 Å². The van der Waals surface area contributed by atoms with Crippen molar-refractivity contribution >= 4 is 40.2 Å². The number of hydrogen-bond donors (Lipinski definition) is 1. The molecule has 0 saturated carbocycles. The number of amides is 1. The van der Waals surface area contributed by atoms with Gasteiger partial charge in [0.25, 0.3) is 5.56 Å². The number of rotatable bonds is 6. The van der Waals surface area contributed by atoms with E-state index >= 15 is 0 Å². The van der Waals surface area contributed by atoms with Crippen molar-refractivity contribution in [3.63, 3.8) is 0 Å². The number of nitrogens with one attached hydrogen (secondary N) is 1. The van der Waals surface area contributed by atoms with Gasteiger partial charge in [-0.05, 0) is 24.3 Å². The number of benzene rings is 2. The molecule has 0 fully saturated rings. The maximum atomic E-state index is 13.1. The van der Waals surface area contributed by atoms with Crippen molar-refractivity contribution in [2.24, 2.45) is 0 Å². The monoisotopic (exact) mass is 385 g/mol. The van der Waals surface area contributed by atoms with Crippen molar-refractivity contribution in [2.75, 3.05) is 12.3 Å². The van der Waals surface area contributed by atoms with Gasteiger partial charge in [0.1, 0.15) is 0 Å². The average molecular weight is 386 g/mol. The first-order chi connectivity index (χ1) is 12.6. The predicted molar refractivity (Wildman–Crippen MR) is 106 cm³/mol. The van der Waals surface area contributed by atoms with Crippen LogP contribution in [0.1, 0.15) is 0 Å². The zero-order chi connectivity index (χ0) is 18.5. The predicted octanol–water partition coefficient (Wildman–Crippen LogP) is 3.43. The molecule has 0 aliphatic carbocycles. The molecule has 0 aliphatic rings. The SMILES string of the molecule is C=CCNC(=O)CSc1nc2ccccc2c(=O)n1-c1ccccc1Cl. The van der Waals surface area contributed by atoms with E-state index in [9.17, 15) is 9.59 Å². The van der Waals surface area contributed by atoms with Gasteiger partial charge in [-0.1, -0.05) is 53.7 Å². The summed E-state index contributed by atoms with van der Waals surface area (Å²) < 4.78 is 1.45. The van der Waals surface area contributed by atoms with E-state index in [0.717, 1.165) is 0 Å². The summed E-state index contributed by atoms with van der Waals surface area (Å²) in [6.45, 7) is 3.96. The molecule has 0 saturated heterocycles. The maximum absolute atomic E-state index is 13.1. The van der Waals surface area contributed by atoms with E-state index in [-0.39, 0.29) is 17.2 Å². The lowest BCUT2D eigenvalue weighted by atomic mass is 10.2. The van der Waals surface area contributed by atoms with Gasteiger partial charge in [-0.15, -0.1) is 6.58 Å². The quantitative estimate of drug-likeness (QED) is 0.401. The lowest BCUT2D eigenvalue weighted by molar-refractivity contribution is -0.118. The minimum absolute atomic E-state index is 0.128. The fourth-order valence-electron chi connectivity index (χ4n) is 2.42. The maximum Gasteiger partial charge on any atom is 0.266 e. The molecule has 0 aliphatic heterocycles. The minimum atomic E-state index is -0.224. The Hall–Kier alpha value is -2.57. The third kappa shape index (κ3) is 3.81. The lowest BCUT2D eigenvalue weighted by Gasteiger charge is -2.14. The van der Waals surface area contributed by atoms with Crippen LogP contribution in [0, 0.1) is 0 Å². The Balaban J connectivity index is 2.10. The summed E-state index contributed by atoms with van der Waals surface area (Å²) in [5.41, 5.74) is 0.888. The normalized spacial score (nSPS) is 10.7. The van der Waals surface area contributed by atoms with E-state index in [1.165, 1.54) is 16.3 Å². The summed E-state index contributed by atoms with van der Waals surface area (Å²) in [6.07, 6.45) is 1.61. The van der Waals surface area contributed by atoms with E-state index in [1.54, 1.807) is 48.5 Å². The molecule has 7 heteroatoms. The molecule has 0 atom stereocenters. The highest BCUT2D eigenvalue weighted by atomic mass is 35.5. The van der Waals surface area contributed by atoms with Crippen molar-refractivity contribution in [1.29, 1.82) is 0 Å². The average Bonchev–Trinajstić information content (AvgIpc) is 2.66. The molecule has 1 heterocycles. The van der Waals surface area contributed by atoms with Crippen LogP contribution in [-0.4, -0.2) is 27.8 Å². The van der Waals surface area contributed by atoms with E-state index in [0.29, 0.717) is 33.3 Å². The van der Waals surface area contributed by atoms with Gasteiger partial charge in [0.15, 0.2) is 5.16 Å². The first-order valence-electron chi connectivity index (χ1n) is 7.89. The number of halogens is 1. The first kappa shape index (κ1) is 18.2. The molecule has 0 unspecified atom stereocenters. The second kappa shape index (κ2) is 8.21. The fourth-order valence-corrected chi connectivity index (χ4v) is 3.48. The van der Waals surface area contributed by atoms with Crippen molar-refractivity contribution < 1.29 is 4.79 Å². The number of para-hydroxylation sites is 2. The van der Waals surface area contributed by atoms with E-state index < -0.39 is 0 Å². The highest BCUT2D eigenvalue weighted by molar-refractivity contribution is 7.99. The Morgan fingerprint density at radius 2 is 1.96 bits per heavy atom. The molecule has 0 spiro atoms. The molecule has 0 radical (unpaired) electrons. The Bertz CT molecular complexity index is 1030. The Kier molecular flexibility index (Phi) is 5.75. The van der Waals surface area contributed by atoms with Crippen molar-refractivity contribution in [3.05, 3.63) is 76.6 Å². The highest BCUT2D eigenvalue weighted by Gasteiger charge is 2.16. The van der Waals surface area contributed by atoms with Crippen LogP contribution < -0.4 is 10.9 Å². The van der Waals surface area contributed by atoms with Crippen LogP contribution in [0.25, 0.3) is 16.6 Å². The number of thioether (sulfide) groups is 1.